The Morgan fingerprint density at radius 3 is 2.70 bits per heavy atom. The Labute approximate surface area is 192 Å². The molecule has 9 heteroatoms. The Morgan fingerprint density at radius 1 is 1.15 bits per heavy atom. The molecular formula is C24H29N7O2. The number of benzene rings is 1. The molecule has 33 heavy (non-hydrogen) atoms. The van der Waals surface area contributed by atoms with Crippen LogP contribution < -0.4 is 15.2 Å². The Balaban J connectivity index is 1.41. The highest BCUT2D eigenvalue weighted by Crippen LogP contribution is 2.31. The van der Waals surface area contributed by atoms with Crippen LogP contribution in [0.5, 0.6) is 11.6 Å². The highest BCUT2D eigenvalue weighted by atomic mass is 16.5. The van der Waals surface area contributed by atoms with Gasteiger partial charge in [0.25, 0.3) is 0 Å². The van der Waals surface area contributed by atoms with Crippen LogP contribution in [0.25, 0.3) is 16.6 Å². The van der Waals surface area contributed by atoms with Gasteiger partial charge >= 0.3 is 0 Å². The van der Waals surface area contributed by atoms with E-state index < -0.39 is 0 Å². The van der Waals surface area contributed by atoms with Gasteiger partial charge in [-0.05, 0) is 50.3 Å². The Kier molecular flexibility index (Phi) is 5.72. The summed E-state index contributed by atoms with van der Waals surface area (Å²) < 4.78 is 12.7. The molecule has 1 saturated carbocycles. The van der Waals surface area contributed by atoms with Crippen molar-refractivity contribution < 1.29 is 9.47 Å². The molecule has 5 rings (SSSR count). The van der Waals surface area contributed by atoms with Crippen molar-refractivity contribution in [3.63, 3.8) is 0 Å². The maximum atomic E-state index is 6.21. The van der Waals surface area contributed by atoms with Gasteiger partial charge in [0.15, 0.2) is 11.5 Å². The van der Waals surface area contributed by atoms with Gasteiger partial charge in [-0.3, -0.25) is 4.90 Å². The Morgan fingerprint density at radius 2 is 2.00 bits per heavy atom. The maximum absolute atomic E-state index is 6.21. The molecule has 0 radical (unpaired) electrons. The first-order valence-electron chi connectivity index (χ1n) is 11.3. The number of para-hydroxylation sites is 1. The summed E-state index contributed by atoms with van der Waals surface area (Å²) in [7, 11) is 1.62. The monoisotopic (exact) mass is 447 g/mol. The van der Waals surface area contributed by atoms with Gasteiger partial charge in [0.2, 0.25) is 11.8 Å². The second-order valence-corrected chi connectivity index (χ2v) is 8.87. The molecule has 1 aliphatic carbocycles. The van der Waals surface area contributed by atoms with Gasteiger partial charge < -0.3 is 15.2 Å². The van der Waals surface area contributed by atoms with E-state index in [1.54, 1.807) is 11.6 Å². The van der Waals surface area contributed by atoms with Crippen molar-refractivity contribution in [3.05, 3.63) is 47.9 Å². The fraction of sp³-hybridized carbons (Fsp3) is 0.417. The highest BCUT2D eigenvalue weighted by molar-refractivity contribution is 5.95. The van der Waals surface area contributed by atoms with E-state index in [-0.39, 0.29) is 6.10 Å². The van der Waals surface area contributed by atoms with Crippen molar-refractivity contribution in [3.8, 4) is 11.6 Å². The number of aromatic nitrogens is 5. The van der Waals surface area contributed by atoms with Crippen molar-refractivity contribution in [2.45, 2.75) is 45.9 Å². The number of nitrogen functional groups attached to an aromatic ring is 1. The third-order valence-corrected chi connectivity index (χ3v) is 5.69. The number of fused-ring (bicyclic) bond motifs is 3. The van der Waals surface area contributed by atoms with Crippen LogP contribution in [-0.2, 0) is 13.1 Å². The average Bonchev–Trinajstić information content (AvgIpc) is 3.50. The summed E-state index contributed by atoms with van der Waals surface area (Å²) in [5.74, 6) is 3.05. The maximum Gasteiger partial charge on any atom is 0.223 e. The van der Waals surface area contributed by atoms with Gasteiger partial charge in [0.05, 0.1) is 19.8 Å². The van der Waals surface area contributed by atoms with Crippen LogP contribution in [0.2, 0.25) is 0 Å². The van der Waals surface area contributed by atoms with Crippen LogP contribution in [0.1, 0.15) is 38.1 Å². The molecule has 3 heterocycles. The minimum absolute atomic E-state index is 0.105. The van der Waals surface area contributed by atoms with Crippen LogP contribution in [0.4, 0.5) is 5.95 Å². The molecule has 1 fully saturated rings. The number of pyridine rings is 1. The van der Waals surface area contributed by atoms with E-state index in [0.29, 0.717) is 41.1 Å². The summed E-state index contributed by atoms with van der Waals surface area (Å²) in [5, 5.41) is 5.54. The normalized spacial score (nSPS) is 14.0. The van der Waals surface area contributed by atoms with Gasteiger partial charge in [-0.2, -0.15) is 4.52 Å². The molecule has 0 unspecified atom stereocenters. The summed E-state index contributed by atoms with van der Waals surface area (Å²) in [6.45, 7) is 6.38. The molecule has 3 aromatic heterocycles. The number of ether oxygens (including phenoxy) is 2. The van der Waals surface area contributed by atoms with Gasteiger partial charge in [-0.1, -0.05) is 12.1 Å². The van der Waals surface area contributed by atoms with Gasteiger partial charge in [-0.15, -0.1) is 5.10 Å². The number of nitrogens with two attached hydrogens (primary N) is 1. The number of methoxy groups -OCH3 is 1. The molecule has 0 saturated heterocycles. The highest BCUT2D eigenvalue weighted by Gasteiger charge is 2.25. The molecular weight excluding hydrogens is 418 g/mol. The molecule has 0 atom stereocenters. The number of hydrogen-bond donors (Lipinski definition) is 1. The van der Waals surface area contributed by atoms with Crippen LogP contribution in [0, 0.1) is 5.92 Å². The zero-order valence-corrected chi connectivity index (χ0v) is 19.2. The largest absolute Gasteiger partial charge is 0.494 e. The predicted molar refractivity (Wildman–Crippen MR) is 126 cm³/mol. The lowest BCUT2D eigenvalue weighted by atomic mass is 10.2. The molecule has 0 spiro atoms. The summed E-state index contributed by atoms with van der Waals surface area (Å²) >= 11 is 0. The van der Waals surface area contributed by atoms with Crippen LogP contribution in [0.15, 0.2) is 36.5 Å². The van der Waals surface area contributed by atoms with E-state index in [0.717, 1.165) is 30.0 Å². The molecule has 1 aromatic carbocycles. The first-order valence-corrected chi connectivity index (χ1v) is 11.3. The second kappa shape index (κ2) is 8.82. The van der Waals surface area contributed by atoms with Gasteiger partial charge in [0, 0.05) is 30.7 Å². The average molecular weight is 448 g/mol. The smallest absolute Gasteiger partial charge is 0.223 e. The third kappa shape index (κ3) is 4.68. The van der Waals surface area contributed by atoms with E-state index in [1.807, 2.05) is 44.3 Å². The minimum Gasteiger partial charge on any atom is -0.494 e. The predicted octanol–water partition coefficient (Wildman–Crippen LogP) is 3.46. The Hall–Kier alpha value is -3.46. The fourth-order valence-electron chi connectivity index (χ4n) is 4.02. The van der Waals surface area contributed by atoms with Gasteiger partial charge in [0.1, 0.15) is 11.3 Å². The molecule has 0 bridgehead atoms. The Bertz CT molecular complexity index is 1270. The molecule has 2 N–H and O–H groups in total. The number of hydrogen-bond acceptors (Lipinski definition) is 8. The quantitative estimate of drug-likeness (QED) is 0.416. The topological polar surface area (TPSA) is 104 Å². The van der Waals surface area contributed by atoms with Crippen LogP contribution in [-0.4, -0.2) is 49.2 Å². The van der Waals surface area contributed by atoms with E-state index >= 15 is 0 Å². The van der Waals surface area contributed by atoms with Crippen molar-refractivity contribution in [2.75, 3.05) is 19.4 Å². The fourth-order valence-corrected chi connectivity index (χ4v) is 4.02. The standard InChI is InChI=1S/C24H29N7O2/c1-15(2)33-21-10-9-17(11-26-21)13-30(12-16-7-8-16)14-20-27-23-18-5-4-6-19(32-3)22(18)28-24(25)31(23)29-20/h4-6,9-11,15-16H,7-8,12-14H2,1-3H3,(H2,25,28). The molecule has 4 aromatic rings. The third-order valence-electron chi connectivity index (χ3n) is 5.69. The summed E-state index contributed by atoms with van der Waals surface area (Å²) in [6, 6.07) is 9.76. The first kappa shape index (κ1) is 21.4. The van der Waals surface area contributed by atoms with Crippen LogP contribution >= 0.6 is 0 Å². The first-order chi connectivity index (χ1) is 16.0. The SMILES string of the molecule is COc1cccc2c1nc(N)n1nc(CN(Cc3ccc(OC(C)C)nc3)CC3CC3)nc21. The van der Waals surface area contributed by atoms with E-state index in [4.69, 9.17) is 20.2 Å². The van der Waals surface area contributed by atoms with E-state index in [9.17, 15) is 0 Å². The van der Waals surface area contributed by atoms with Crippen molar-refractivity contribution in [2.24, 2.45) is 5.92 Å². The molecule has 9 nitrogen and oxygen atoms in total. The number of rotatable bonds is 9. The number of anilines is 1. The summed E-state index contributed by atoms with van der Waals surface area (Å²) in [5.41, 5.74) is 8.72. The molecule has 0 amide bonds. The van der Waals surface area contributed by atoms with Crippen LogP contribution in [0.3, 0.4) is 0 Å². The van der Waals surface area contributed by atoms with E-state index in [2.05, 4.69) is 26.0 Å². The van der Waals surface area contributed by atoms with E-state index in [1.165, 1.54) is 12.8 Å². The lowest BCUT2D eigenvalue weighted by molar-refractivity contribution is 0.229. The van der Waals surface area contributed by atoms with Crippen molar-refractivity contribution in [1.29, 1.82) is 0 Å². The zero-order chi connectivity index (χ0) is 22.9. The molecule has 0 aliphatic heterocycles. The lowest BCUT2D eigenvalue weighted by Gasteiger charge is -2.20. The summed E-state index contributed by atoms with van der Waals surface area (Å²) in [4.78, 5) is 16.2. The molecule has 1 aliphatic rings. The summed E-state index contributed by atoms with van der Waals surface area (Å²) in [6.07, 6.45) is 4.54. The lowest BCUT2D eigenvalue weighted by Crippen LogP contribution is -2.26. The molecule has 172 valence electrons. The van der Waals surface area contributed by atoms with Crippen molar-refractivity contribution >= 4 is 22.5 Å². The number of nitrogens with zero attached hydrogens (tertiary/aromatic N) is 6. The van der Waals surface area contributed by atoms with Gasteiger partial charge in [-0.25, -0.2) is 15.0 Å². The zero-order valence-electron chi connectivity index (χ0n) is 19.2. The second-order valence-electron chi connectivity index (χ2n) is 8.87. The van der Waals surface area contributed by atoms with Crippen molar-refractivity contribution in [1.82, 2.24) is 29.5 Å². The minimum atomic E-state index is 0.105.